The van der Waals surface area contributed by atoms with E-state index in [4.69, 9.17) is 4.74 Å². The van der Waals surface area contributed by atoms with E-state index < -0.39 is 0 Å². The summed E-state index contributed by atoms with van der Waals surface area (Å²) in [6, 6.07) is 0. The number of hydrogen-bond donors (Lipinski definition) is 0. The number of aromatic nitrogens is 1. The minimum atomic E-state index is -0.122. The van der Waals surface area contributed by atoms with Crippen molar-refractivity contribution in [3.8, 4) is 5.06 Å². The molecule has 1 heterocycles. The summed E-state index contributed by atoms with van der Waals surface area (Å²) >= 11 is 1.38. The molecule has 0 aliphatic heterocycles. The van der Waals surface area contributed by atoms with Crippen LogP contribution in [-0.2, 0) is 4.79 Å². The number of ether oxygens (including phenoxy) is 1. The van der Waals surface area contributed by atoms with Gasteiger partial charge in [-0.3, -0.25) is 4.79 Å². The summed E-state index contributed by atoms with van der Waals surface area (Å²) in [5, 5.41) is 0.699. The summed E-state index contributed by atoms with van der Waals surface area (Å²) in [6.07, 6.45) is 1.25. The molecule has 1 rings (SSSR count). The molecular weight excluding hydrogens is 174 g/mol. The summed E-state index contributed by atoms with van der Waals surface area (Å²) < 4.78 is 5.16. The molecule has 0 aliphatic carbocycles. The van der Waals surface area contributed by atoms with Gasteiger partial charge in [0.05, 0.1) is 11.2 Å². The standard InChI is InChI=1S/C8H9NO2S/c1-3-7(10)4-11-8-6(2)9-5-12-8/h3,5H,1,4H2,2H3. The van der Waals surface area contributed by atoms with Gasteiger partial charge in [0.2, 0.25) is 0 Å². The molecule has 0 spiro atoms. The molecule has 0 N–H and O–H groups in total. The van der Waals surface area contributed by atoms with E-state index in [1.54, 1.807) is 5.51 Å². The summed E-state index contributed by atoms with van der Waals surface area (Å²) in [6.45, 7) is 5.23. The van der Waals surface area contributed by atoms with Gasteiger partial charge in [0.1, 0.15) is 0 Å². The van der Waals surface area contributed by atoms with Crippen molar-refractivity contribution >= 4 is 17.1 Å². The Morgan fingerprint density at radius 3 is 3.17 bits per heavy atom. The number of aryl methyl sites for hydroxylation is 1. The molecule has 0 saturated heterocycles. The van der Waals surface area contributed by atoms with E-state index >= 15 is 0 Å². The average molecular weight is 183 g/mol. The maximum Gasteiger partial charge on any atom is 0.197 e. The second-order valence-electron chi connectivity index (χ2n) is 2.18. The summed E-state index contributed by atoms with van der Waals surface area (Å²) in [5.74, 6) is -0.122. The number of nitrogens with zero attached hydrogens (tertiary/aromatic N) is 1. The van der Waals surface area contributed by atoms with Crippen molar-refractivity contribution in [1.29, 1.82) is 0 Å². The first-order valence-corrected chi connectivity index (χ1v) is 4.30. The van der Waals surface area contributed by atoms with Gasteiger partial charge in [0.15, 0.2) is 17.5 Å². The van der Waals surface area contributed by atoms with Gasteiger partial charge in [-0.2, -0.15) is 0 Å². The lowest BCUT2D eigenvalue weighted by Gasteiger charge is -1.99. The van der Waals surface area contributed by atoms with Gasteiger partial charge in [-0.1, -0.05) is 17.9 Å². The lowest BCUT2D eigenvalue weighted by atomic mass is 10.4. The SMILES string of the molecule is C=CC(=O)COc1scnc1C. The molecule has 64 valence electrons. The van der Waals surface area contributed by atoms with Crippen molar-refractivity contribution in [2.24, 2.45) is 0 Å². The highest BCUT2D eigenvalue weighted by atomic mass is 32.1. The predicted molar refractivity (Wildman–Crippen MR) is 47.6 cm³/mol. The minimum Gasteiger partial charge on any atom is -0.474 e. The fourth-order valence-electron chi connectivity index (χ4n) is 0.625. The Balaban J connectivity index is 2.48. The normalized spacial score (nSPS) is 9.42. The smallest absolute Gasteiger partial charge is 0.197 e. The fraction of sp³-hybridized carbons (Fsp3) is 0.250. The maximum atomic E-state index is 10.8. The number of ketones is 1. The van der Waals surface area contributed by atoms with Gasteiger partial charge in [-0.05, 0) is 13.0 Å². The van der Waals surface area contributed by atoms with Gasteiger partial charge >= 0.3 is 0 Å². The monoisotopic (exact) mass is 183 g/mol. The molecule has 0 unspecified atom stereocenters. The molecule has 0 bridgehead atoms. The average Bonchev–Trinajstić information content (AvgIpc) is 2.47. The zero-order chi connectivity index (χ0) is 8.97. The zero-order valence-electron chi connectivity index (χ0n) is 6.74. The van der Waals surface area contributed by atoms with Crippen molar-refractivity contribution in [2.45, 2.75) is 6.92 Å². The molecule has 0 amide bonds. The second kappa shape index (κ2) is 4.01. The van der Waals surface area contributed by atoms with E-state index in [1.807, 2.05) is 6.92 Å². The van der Waals surface area contributed by atoms with Crippen molar-refractivity contribution in [3.63, 3.8) is 0 Å². The van der Waals surface area contributed by atoms with Crippen LogP contribution in [0.4, 0.5) is 0 Å². The van der Waals surface area contributed by atoms with Crippen LogP contribution in [0.2, 0.25) is 0 Å². The number of thiazole rings is 1. The molecular formula is C8H9NO2S. The molecule has 4 heteroatoms. The molecule has 3 nitrogen and oxygen atoms in total. The second-order valence-corrected chi connectivity index (χ2v) is 3.00. The Hall–Kier alpha value is -1.16. The molecule has 0 aliphatic rings. The maximum absolute atomic E-state index is 10.8. The quantitative estimate of drug-likeness (QED) is 0.665. The van der Waals surface area contributed by atoms with Gasteiger partial charge < -0.3 is 4.74 Å². The lowest BCUT2D eigenvalue weighted by Crippen LogP contribution is -2.07. The first kappa shape index (κ1) is 8.93. The number of rotatable bonds is 4. The third-order valence-electron chi connectivity index (χ3n) is 1.27. The Bertz CT molecular complexity index is 293. The number of hydrogen-bond acceptors (Lipinski definition) is 4. The van der Waals surface area contributed by atoms with E-state index in [1.165, 1.54) is 17.4 Å². The van der Waals surface area contributed by atoms with E-state index in [-0.39, 0.29) is 12.4 Å². The topological polar surface area (TPSA) is 39.2 Å². The third kappa shape index (κ3) is 2.17. The fourth-order valence-corrected chi connectivity index (χ4v) is 1.28. The summed E-state index contributed by atoms with van der Waals surface area (Å²) in [4.78, 5) is 14.7. The molecule has 1 aromatic heterocycles. The van der Waals surface area contributed by atoms with Crippen molar-refractivity contribution in [1.82, 2.24) is 4.98 Å². The van der Waals surface area contributed by atoms with Gasteiger partial charge in [-0.15, -0.1) is 0 Å². The van der Waals surface area contributed by atoms with Gasteiger partial charge in [0.25, 0.3) is 0 Å². The van der Waals surface area contributed by atoms with Crippen LogP contribution >= 0.6 is 11.3 Å². The Labute approximate surface area is 74.7 Å². The van der Waals surface area contributed by atoms with Crippen LogP contribution in [0.5, 0.6) is 5.06 Å². The van der Waals surface area contributed by atoms with Gasteiger partial charge in [0, 0.05) is 0 Å². The minimum absolute atomic E-state index is 0.0481. The highest BCUT2D eigenvalue weighted by Crippen LogP contribution is 2.21. The number of carbonyl (C=O) groups is 1. The molecule has 0 aromatic carbocycles. The molecule has 12 heavy (non-hydrogen) atoms. The lowest BCUT2D eigenvalue weighted by molar-refractivity contribution is -0.116. The number of carbonyl (C=O) groups excluding carboxylic acids is 1. The Morgan fingerprint density at radius 1 is 1.92 bits per heavy atom. The zero-order valence-corrected chi connectivity index (χ0v) is 7.56. The van der Waals surface area contributed by atoms with Crippen LogP contribution in [0.25, 0.3) is 0 Å². The highest BCUT2D eigenvalue weighted by molar-refractivity contribution is 7.11. The Morgan fingerprint density at radius 2 is 2.67 bits per heavy atom. The van der Waals surface area contributed by atoms with E-state index in [2.05, 4.69) is 11.6 Å². The van der Waals surface area contributed by atoms with E-state index in [0.29, 0.717) is 5.06 Å². The molecule has 0 atom stereocenters. The van der Waals surface area contributed by atoms with Crippen LogP contribution in [0.3, 0.4) is 0 Å². The summed E-state index contributed by atoms with van der Waals surface area (Å²) in [7, 11) is 0. The van der Waals surface area contributed by atoms with Crippen LogP contribution in [0.15, 0.2) is 18.2 Å². The first-order valence-electron chi connectivity index (χ1n) is 3.42. The molecule has 0 radical (unpaired) electrons. The van der Waals surface area contributed by atoms with E-state index in [9.17, 15) is 4.79 Å². The van der Waals surface area contributed by atoms with Crippen LogP contribution < -0.4 is 4.74 Å². The van der Waals surface area contributed by atoms with Crippen LogP contribution in [0, 0.1) is 6.92 Å². The molecule has 0 fully saturated rings. The third-order valence-corrected chi connectivity index (χ3v) is 2.11. The van der Waals surface area contributed by atoms with Crippen LogP contribution in [0.1, 0.15) is 5.69 Å². The van der Waals surface area contributed by atoms with Crippen molar-refractivity contribution in [3.05, 3.63) is 23.9 Å². The predicted octanol–water partition coefficient (Wildman–Crippen LogP) is 1.59. The summed E-state index contributed by atoms with van der Waals surface area (Å²) in [5.41, 5.74) is 2.50. The Kier molecular flexibility index (Phi) is 2.99. The van der Waals surface area contributed by atoms with Crippen LogP contribution in [-0.4, -0.2) is 17.4 Å². The molecule has 0 saturated carbocycles. The van der Waals surface area contributed by atoms with E-state index in [0.717, 1.165) is 5.69 Å². The first-order chi connectivity index (χ1) is 5.74. The van der Waals surface area contributed by atoms with Crippen molar-refractivity contribution < 1.29 is 9.53 Å². The largest absolute Gasteiger partial charge is 0.474 e. The van der Waals surface area contributed by atoms with Crippen molar-refractivity contribution in [2.75, 3.05) is 6.61 Å². The molecule has 1 aromatic rings. The van der Waals surface area contributed by atoms with Gasteiger partial charge in [-0.25, -0.2) is 4.98 Å². The highest BCUT2D eigenvalue weighted by Gasteiger charge is 2.03.